The van der Waals surface area contributed by atoms with Crippen molar-refractivity contribution in [2.45, 2.75) is 11.3 Å². The van der Waals surface area contributed by atoms with Crippen molar-refractivity contribution in [3.05, 3.63) is 23.8 Å². The fourth-order valence-corrected chi connectivity index (χ4v) is 0.949. The molecule has 0 unspecified atom stereocenters. The normalized spacial score (nSPS) is 17.6. The van der Waals surface area contributed by atoms with Gasteiger partial charge in [-0.3, -0.25) is 0 Å². The zero-order chi connectivity index (χ0) is 5.98. The van der Waals surface area contributed by atoms with Crippen LogP contribution < -0.4 is 0 Å². The maximum absolute atomic E-state index is 5.54. The van der Waals surface area contributed by atoms with Gasteiger partial charge >= 0.3 is 0 Å². The number of allylic oxidation sites excluding steroid dienone is 4. The first-order chi connectivity index (χ1) is 3.80. The van der Waals surface area contributed by atoms with Crippen LogP contribution in [0.3, 0.4) is 0 Å². The van der Waals surface area contributed by atoms with Crippen molar-refractivity contribution in [2.24, 2.45) is 0 Å². The minimum atomic E-state index is -0.315. The lowest BCUT2D eigenvalue weighted by Gasteiger charge is -1.97. The van der Waals surface area contributed by atoms with Crippen molar-refractivity contribution in [2.75, 3.05) is 0 Å². The van der Waals surface area contributed by atoms with Crippen LogP contribution in [-0.2, 0) is 0 Å². The van der Waals surface area contributed by atoms with E-state index in [-0.39, 0.29) is 4.84 Å². The lowest BCUT2D eigenvalue weighted by molar-refractivity contribution is 1.21. The van der Waals surface area contributed by atoms with E-state index >= 15 is 0 Å². The second-order valence-electron chi connectivity index (χ2n) is 1.67. The highest BCUT2D eigenvalue weighted by molar-refractivity contribution is 6.46. The number of rotatable bonds is 1. The van der Waals surface area contributed by atoms with Crippen molar-refractivity contribution in [1.82, 2.24) is 0 Å². The Morgan fingerprint density at radius 2 is 2.25 bits per heavy atom. The molecule has 0 fully saturated rings. The fourth-order valence-electron chi connectivity index (χ4n) is 0.626. The summed E-state index contributed by atoms with van der Waals surface area (Å²) in [6.45, 7) is 0. The standard InChI is InChI=1S/C6H6Cl2/c7-6(8)5-3-1-2-4-5/h1-3,6H,4H2. The highest BCUT2D eigenvalue weighted by Crippen LogP contribution is 2.21. The van der Waals surface area contributed by atoms with E-state index in [1.165, 1.54) is 0 Å². The monoisotopic (exact) mass is 148 g/mol. The molecule has 0 aromatic rings. The summed E-state index contributed by atoms with van der Waals surface area (Å²) in [5, 5.41) is 0. The first kappa shape index (κ1) is 6.18. The Labute approximate surface area is 58.8 Å². The fraction of sp³-hybridized carbons (Fsp3) is 0.333. The van der Waals surface area contributed by atoms with Crippen LogP contribution in [0, 0.1) is 0 Å². The molecule has 0 atom stereocenters. The molecule has 2 heteroatoms. The quantitative estimate of drug-likeness (QED) is 0.502. The third-order valence-corrected chi connectivity index (χ3v) is 1.64. The minimum Gasteiger partial charge on any atom is -0.100 e. The van der Waals surface area contributed by atoms with E-state index in [1.807, 2.05) is 18.2 Å². The average molecular weight is 149 g/mol. The number of hydrogen-bond donors (Lipinski definition) is 0. The molecule has 0 saturated heterocycles. The molecule has 0 aromatic heterocycles. The summed E-state index contributed by atoms with van der Waals surface area (Å²) in [5.74, 6) is 0. The molecule has 0 saturated carbocycles. The highest BCUT2D eigenvalue weighted by atomic mass is 35.5. The molecule has 0 N–H and O–H groups in total. The average Bonchev–Trinajstić information content (AvgIpc) is 2.12. The molecule has 0 heterocycles. The summed E-state index contributed by atoms with van der Waals surface area (Å²) in [6, 6.07) is 0. The smallest absolute Gasteiger partial charge is 0.100 e. The topological polar surface area (TPSA) is 0 Å². The van der Waals surface area contributed by atoms with E-state index in [4.69, 9.17) is 23.2 Å². The molecule has 44 valence electrons. The molecule has 0 aliphatic heterocycles. The maximum Gasteiger partial charge on any atom is 0.129 e. The molecule has 0 bridgehead atoms. The summed E-state index contributed by atoms with van der Waals surface area (Å²) < 4.78 is 0. The van der Waals surface area contributed by atoms with Gasteiger partial charge in [-0.25, -0.2) is 0 Å². The molecule has 0 radical (unpaired) electrons. The van der Waals surface area contributed by atoms with E-state index in [0.29, 0.717) is 0 Å². The SMILES string of the molecule is ClC(Cl)C1=CC=CC1. The van der Waals surface area contributed by atoms with Crippen LogP contribution in [0.15, 0.2) is 23.8 Å². The van der Waals surface area contributed by atoms with E-state index in [1.54, 1.807) is 0 Å². The van der Waals surface area contributed by atoms with Crippen LogP contribution >= 0.6 is 23.2 Å². The maximum atomic E-state index is 5.54. The van der Waals surface area contributed by atoms with Gasteiger partial charge in [0.2, 0.25) is 0 Å². The number of hydrogen-bond acceptors (Lipinski definition) is 0. The van der Waals surface area contributed by atoms with E-state index in [0.717, 1.165) is 12.0 Å². The van der Waals surface area contributed by atoms with Gasteiger partial charge in [-0.05, 0) is 12.0 Å². The van der Waals surface area contributed by atoms with E-state index in [9.17, 15) is 0 Å². The van der Waals surface area contributed by atoms with Gasteiger partial charge in [0.25, 0.3) is 0 Å². The second kappa shape index (κ2) is 2.56. The highest BCUT2D eigenvalue weighted by Gasteiger charge is 2.06. The minimum absolute atomic E-state index is 0.315. The van der Waals surface area contributed by atoms with Gasteiger partial charge in [-0.2, -0.15) is 0 Å². The number of alkyl halides is 2. The molecular formula is C6H6Cl2. The zero-order valence-corrected chi connectivity index (χ0v) is 5.78. The molecule has 1 rings (SSSR count). The van der Waals surface area contributed by atoms with E-state index in [2.05, 4.69) is 0 Å². The van der Waals surface area contributed by atoms with Crippen LogP contribution in [0.25, 0.3) is 0 Å². The second-order valence-corrected chi connectivity index (χ2v) is 2.77. The summed E-state index contributed by atoms with van der Waals surface area (Å²) in [7, 11) is 0. The third kappa shape index (κ3) is 1.27. The molecule has 0 amide bonds. The Morgan fingerprint density at radius 1 is 1.50 bits per heavy atom. The molecule has 1 aliphatic rings. The molecule has 0 spiro atoms. The zero-order valence-electron chi connectivity index (χ0n) is 4.27. The summed E-state index contributed by atoms with van der Waals surface area (Å²) in [5.41, 5.74) is 1.09. The van der Waals surface area contributed by atoms with Crippen molar-refractivity contribution in [1.29, 1.82) is 0 Å². The predicted octanol–water partition coefficient (Wildman–Crippen LogP) is 2.68. The van der Waals surface area contributed by atoms with Gasteiger partial charge < -0.3 is 0 Å². The Kier molecular flexibility index (Phi) is 1.98. The van der Waals surface area contributed by atoms with E-state index < -0.39 is 0 Å². The molecular weight excluding hydrogens is 143 g/mol. The molecule has 1 aliphatic carbocycles. The number of halogens is 2. The first-order valence-electron chi connectivity index (χ1n) is 2.44. The lowest BCUT2D eigenvalue weighted by atomic mass is 10.3. The van der Waals surface area contributed by atoms with Crippen LogP contribution in [0.4, 0.5) is 0 Å². The summed E-state index contributed by atoms with van der Waals surface area (Å²) in [6.07, 6.45) is 6.86. The van der Waals surface area contributed by atoms with Crippen LogP contribution in [0.1, 0.15) is 6.42 Å². The predicted molar refractivity (Wildman–Crippen MR) is 37.3 cm³/mol. The summed E-state index contributed by atoms with van der Waals surface area (Å²) >= 11 is 11.1. The Hall–Kier alpha value is 0.0600. The van der Waals surface area contributed by atoms with Crippen LogP contribution in [0.2, 0.25) is 0 Å². The molecule has 0 nitrogen and oxygen atoms in total. The van der Waals surface area contributed by atoms with Gasteiger partial charge in [0, 0.05) is 0 Å². The van der Waals surface area contributed by atoms with Gasteiger partial charge in [-0.15, -0.1) is 23.2 Å². The third-order valence-electron chi connectivity index (χ3n) is 1.08. The van der Waals surface area contributed by atoms with Crippen LogP contribution in [0.5, 0.6) is 0 Å². The summed E-state index contributed by atoms with van der Waals surface area (Å²) in [4.78, 5) is -0.315. The Morgan fingerprint density at radius 3 is 2.50 bits per heavy atom. The largest absolute Gasteiger partial charge is 0.129 e. The Balaban J connectivity index is 2.51. The molecule has 8 heavy (non-hydrogen) atoms. The lowest BCUT2D eigenvalue weighted by Crippen LogP contribution is -1.88. The molecule has 0 aromatic carbocycles. The van der Waals surface area contributed by atoms with Gasteiger partial charge in [-0.1, -0.05) is 18.2 Å². The van der Waals surface area contributed by atoms with Crippen molar-refractivity contribution >= 4 is 23.2 Å². The van der Waals surface area contributed by atoms with Crippen molar-refractivity contribution in [3.8, 4) is 0 Å². The van der Waals surface area contributed by atoms with Gasteiger partial charge in [0.1, 0.15) is 4.84 Å². The van der Waals surface area contributed by atoms with Crippen molar-refractivity contribution in [3.63, 3.8) is 0 Å². The Bertz CT molecular complexity index is 133. The van der Waals surface area contributed by atoms with Gasteiger partial charge in [0.05, 0.1) is 0 Å². The first-order valence-corrected chi connectivity index (χ1v) is 3.32. The van der Waals surface area contributed by atoms with Crippen molar-refractivity contribution < 1.29 is 0 Å². The van der Waals surface area contributed by atoms with Crippen LogP contribution in [-0.4, -0.2) is 4.84 Å². The van der Waals surface area contributed by atoms with Gasteiger partial charge in [0.15, 0.2) is 0 Å².